The molecule has 1 aromatic carbocycles. The van der Waals surface area contributed by atoms with Gasteiger partial charge in [-0.2, -0.15) is 4.98 Å². The molecule has 0 bridgehead atoms. The average molecular weight is 481 g/mol. The Balaban J connectivity index is 1.26. The minimum absolute atomic E-state index is 0.119. The minimum atomic E-state index is -0.368. The lowest BCUT2D eigenvalue weighted by atomic mass is 9.91. The van der Waals surface area contributed by atoms with Crippen molar-refractivity contribution in [1.29, 1.82) is 0 Å². The van der Waals surface area contributed by atoms with Crippen LogP contribution in [0.25, 0.3) is 0 Å². The molecule has 9 heteroatoms. The lowest BCUT2D eigenvalue weighted by Crippen LogP contribution is -2.42. The molecule has 2 aliphatic rings. The van der Waals surface area contributed by atoms with Crippen molar-refractivity contribution in [3.05, 3.63) is 41.1 Å². The summed E-state index contributed by atoms with van der Waals surface area (Å²) in [4.78, 5) is 35.9. The number of anilines is 3. The van der Waals surface area contributed by atoms with Gasteiger partial charge in [0.2, 0.25) is 5.95 Å². The Hall–Kier alpha value is -3.36. The zero-order chi connectivity index (χ0) is 24.8. The summed E-state index contributed by atoms with van der Waals surface area (Å²) in [6.45, 7) is 2.10. The smallest absolute Gasteiger partial charge is 0.338 e. The predicted octanol–water partition coefficient (Wildman–Crippen LogP) is 4.14. The minimum Gasteiger partial charge on any atom is -0.462 e. The van der Waals surface area contributed by atoms with Crippen LogP contribution < -0.4 is 20.9 Å². The van der Waals surface area contributed by atoms with E-state index in [2.05, 4.69) is 20.9 Å². The summed E-state index contributed by atoms with van der Waals surface area (Å²) < 4.78 is 4.98. The second kappa shape index (κ2) is 11.4. The molecule has 4 rings (SSSR count). The molecule has 2 aromatic rings. The van der Waals surface area contributed by atoms with Gasteiger partial charge in [0.05, 0.1) is 17.9 Å². The molecule has 1 fully saturated rings. The number of aryl methyl sites for hydroxylation is 1. The number of nitrogens with one attached hydrogen (secondary N) is 3. The maximum absolute atomic E-state index is 12.5. The number of benzene rings is 1. The van der Waals surface area contributed by atoms with Crippen LogP contribution in [0.1, 0.15) is 67.1 Å². The molecule has 0 aliphatic heterocycles. The molecule has 2 amide bonds. The van der Waals surface area contributed by atoms with Crippen LogP contribution in [0.3, 0.4) is 0 Å². The second-order valence-electron chi connectivity index (χ2n) is 9.49. The molecule has 0 saturated heterocycles. The maximum atomic E-state index is 12.5. The van der Waals surface area contributed by atoms with E-state index in [1.165, 1.54) is 24.1 Å². The van der Waals surface area contributed by atoms with Crippen molar-refractivity contribution >= 4 is 29.5 Å². The van der Waals surface area contributed by atoms with Crippen LogP contribution in [-0.4, -0.2) is 54.8 Å². The molecule has 35 heavy (non-hydrogen) atoms. The Morgan fingerprint density at radius 1 is 1.00 bits per heavy atom. The van der Waals surface area contributed by atoms with Crippen molar-refractivity contribution in [1.82, 2.24) is 15.3 Å². The molecular weight excluding hydrogens is 444 g/mol. The Kier molecular flexibility index (Phi) is 8.05. The number of hydrogen-bond acceptors (Lipinski definition) is 7. The van der Waals surface area contributed by atoms with Gasteiger partial charge in [-0.15, -0.1) is 0 Å². The molecule has 188 valence electrons. The van der Waals surface area contributed by atoms with Gasteiger partial charge in [0.1, 0.15) is 5.82 Å². The van der Waals surface area contributed by atoms with Gasteiger partial charge in [0.25, 0.3) is 0 Å². The second-order valence-corrected chi connectivity index (χ2v) is 9.49. The first-order valence-corrected chi connectivity index (χ1v) is 12.6. The van der Waals surface area contributed by atoms with Crippen LogP contribution in [-0.2, 0) is 17.6 Å². The van der Waals surface area contributed by atoms with Crippen molar-refractivity contribution in [2.24, 2.45) is 0 Å². The highest BCUT2D eigenvalue weighted by molar-refractivity contribution is 5.92. The lowest BCUT2D eigenvalue weighted by molar-refractivity contribution is 0.0526. The third-order valence-corrected chi connectivity index (χ3v) is 6.63. The molecule has 1 saturated carbocycles. The van der Waals surface area contributed by atoms with E-state index in [1.807, 2.05) is 14.1 Å². The normalized spacial score (nSPS) is 19.3. The summed E-state index contributed by atoms with van der Waals surface area (Å²) in [5.74, 6) is 1.38. The number of urea groups is 1. The van der Waals surface area contributed by atoms with E-state index in [4.69, 9.17) is 14.7 Å². The van der Waals surface area contributed by atoms with Crippen LogP contribution in [0.2, 0.25) is 0 Å². The van der Waals surface area contributed by atoms with Gasteiger partial charge in [-0.05, 0) is 82.6 Å². The molecule has 0 spiro atoms. The number of carbonyl (C=O) groups is 2. The van der Waals surface area contributed by atoms with Crippen LogP contribution >= 0.6 is 0 Å². The molecule has 1 heterocycles. The number of nitrogens with zero attached hydrogens (tertiary/aromatic N) is 3. The third-order valence-electron chi connectivity index (χ3n) is 6.63. The summed E-state index contributed by atoms with van der Waals surface area (Å²) in [5.41, 5.74) is 3.57. The Morgan fingerprint density at radius 2 is 1.69 bits per heavy atom. The predicted molar refractivity (Wildman–Crippen MR) is 137 cm³/mol. The number of aromatic nitrogens is 2. The van der Waals surface area contributed by atoms with Crippen molar-refractivity contribution < 1.29 is 14.3 Å². The number of esters is 1. The van der Waals surface area contributed by atoms with Crippen LogP contribution in [0.15, 0.2) is 24.3 Å². The molecule has 1 aromatic heterocycles. The summed E-state index contributed by atoms with van der Waals surface area (Å²) in [7, 11) is 4.08. The van der Waals surface area contributed by atoms with E-state index in [-0.39, 0.29) is 18.0 Å². The zero-order valence-corrected chi connectivity index (χ0v) is 20.9. The van der Waals surface area contributed by atoms with Crippen LogP contribution in [0.5, 0.6) is 0 Å². The number of carbonyl (C=O) groups excluding carboxylic acids is 2. The topological polar surface area (TPSA) is 108 Å². The summed E-state index contributed by atoms with van der Waals surface area (Å²) in [5, 5.41) is 9.46. The van der Waals surface area contributed by atoms with Crippen LogP contribution in [0, 0.1) is 0 Å². The Labute approximate surface area is 207 Å². The van der Waals surface area contributed by atoms with Crippen LogP contribution in [0.4, 0.5) is 22.2 Å². The third kappa shape index (κ3) is 6.41. The number of ether oxygens (including phenoxy) is 1. The first-order chi connectivity index (χ1) is 16.9. The maximum Gasteiger partial charge on any atom is 0.338 e. The lowest BCUT2D eigenvalue weighted by Gasteiger charge is -2.30. The highest BCUT2D eigenvalue weighted by atomic mass is 16.5. The van der Waals surface area contributed by atoms with Gasteiger partial charge in [-0.1, -0.05) is 0 Å². The molecule has 2 aliphatic carbocycles. The summed E-state index contributed by atoms with van der Waals surface area (Å²) in [6.07, 6.45) is 8.12. The summed E-state index contributed by atoms with van der Waals surface area (Å²) in [6, 6.07) is 6.88. The molecule has 0 radical (unpaired) electrons. The van der Waals surface area contributed by atoms with Crippen molar-refractivity contribution in [2.45, 2.75) is 70.4 Å². The first kappa shape index (κ1) is 24.8. The number of rotatable bonds is 7. The molecule has 0 unspecified atom stereocenters. The van der Waals surface area contributed by atoms with Gasteiger partial charge >= 0.3 is 12.0 Å². The number of fused-ring (bicyclic) bond motifs is 1. The van der Waals surface area contributed by atoms with Crippen molar-refractivity contribution in [3.8, 4) is 0 Å². The van der Waals surface area contributed by atoms with Crippen molar-refractivity contribution in [3.63, 3.8) is 0 Å². The van der Waals surface area contributed by atoms with Gasteiger partial charge < -0.3 is 25.6 Å². The SMILES string of the molecule is CCOC(=O)c1ccc(NC(=O)N[C@H]2CC[C@@H](Nc3nc4c(c(N(C)C)n3)CCCC4)CC2)cc1. The first-order valence-electron chi connectivity index (χ1n) is 12.6. The van der Waals surface area contributed by atoms with Gasteiger partial charge in [-0.3, -0.25) is 0 Å². The van der Waals surface area contributed by atoms with Gasteiger partial charge in [0.15, 0.2) is 0 Å². The fourth-order valence-corrected chi connectivity index (χ4v) is 4.83. The standard InChI is InChI=1S/C26H36N6O3/c1-4-35-24(33)17-9-11-19(12-10-17)28-26(34)29-20-15-13-18(14-16-20)27-25-30-22-8-6-5-7-21(22)23(31-25)32(2)3/h9-12,18,20H,4-8,13-16H2,1-3H3,(H,27,30,31)(H2,28,29,34)/t18-,20+. The highest BCUT2D eigenvalue weighted by Gasteiger charge is 2.25. The highest BCUT2D eigenvalue weighted by Crippen LogP contribution is 2.29. The average Bonchev–Trinajstić information content (AvgIpc) is 2.85. The van der Waals surface area contributed by atoms with Gasteiger partial charge in [-0.25, -0.2) is 14.6 Å². The molecule has 3 N–H and O–H groups in total. The van der Waals surface area contributed by atoms with E-state index in [9.17, 15) is 9.59 Å². The quantitative estimate of drug-likeness (QED) is 0.511. The largest absolute Gasteiger partial charge is 0.462 e. The van der Waals surface area contributed by atoms with E-state index in [1.54, 1.807) is 31.2 Å². The molecule has 9 nitrogen and oxygen atoms in total. The van der Waals surface area contributed by atoms with E-state index in [0.717, 1.165) is 50.3 Å². The number of amides is 2. The Bertz CT molecular complexity index is 1030. The zero-order valence-electron chi connectivity index (χ0n) is 20.9. The monoisotopic (exact) mass is 480 g/mol. The number of hydrogen-bond donors (Lipinski definition) is 3. The molecule has 0 atom stereocenters. The van der Waals surface area contributed by atoms with E-state index in [0.29, 0.717) is 23.9 Å². The fourth-order valence-electron chi connectivity index (χ4n) is 4.83. The Morgan fingerprint density at radius 3 is 2.37 bits per heavy atom. The molecular formula is C26H36N6O3. The fraction of sp³-hybridized carbons (Fsp3) is 0.538. The van der Waals surface area contributed by atoms with E-state index < -0.39 is 0 Å². The van der Waals surface area contributed by atoms with Crippen molar-refractivity contribution in [2.75, 3.05) is 36.2 Å². The van der Waals surface area contributed by atoms with E-state index >= 15 is 0 Å². The summed E-state index contributed by atoms with van der Waals surface area (Å²) >= 11 is 0. The van der Waals surface area contributed by atoms with Gasteiger partial charge in [0, 0.05) is 37.4 Å².